The van der Waals surface area contributed by atoms with E-state index >= 15 is 0 Å². The molecule has 2 aliphatic rings. The van der Waals surface area contributed by atoms with Gasteiger partial charge in [0, 0.05) is 35.8 Å². The van der Waals surface area contributed by atoms with Crippen molar-refractivity contribution < 1.29 is 4.79 Å². The van der Waals surface area contributed by atoms with Gasteiger partial charge in [0.1, 0.15) is 0 Å². The molecular formula is C19H26N4OS. The fourth-order valence-corrected chi connectivity index (χ4v) is 5.24. The molecule has 2 N–H and O–H groups in total. The molecule has 1 aliphatic heterocycles. The normalized spacial score (nSPS) is 20.8. The number of H-pyrrole nitrogens is 1. The first-order valence-corrected chi connectivity index (χ1v) is 10.2. The Morgan fingerprint density at radius 1 is 1.36 bits per heavy atom. The van der Waals surface area contributed by atoms with Gasteiger partial charge in [-0.2, -0.15) is 5.10 Å². The summed E-state index contributed by atoms with van der Waals surface area (Å²) in [6.45, 7) is 3.91. The van der Waals surface area contributed by atoms with Gasteiger partial charge in [0.2, 0.25) is 5.91 Å². The van der Waals surface area contributed by atoms with Crippen LogP contribution in [0.3, 0.4) is 0 Å². The predicted octanol–water partition coefficient (Wildman–Crippen LogP) is 3.38. The van der Waals surface area contributed by atoms with Gasteiger partial charge < -0.3 is 10.2 Å². The molecular weight excluding hydrogens is 332 g/mol. The first-order chi connectivity index (χ1) is 12.2. The lowest BCUT2D eigenvalue weighted by atomic mass is 9.83. The Kier molecular flexibility index (Phi) is 4.54. The highest BCUT2D eigenvalue weighted by molar-refractivity contribution is 7.10. The topological polar surface area (TPSA) is 61.0 Å². The Balaban J connectivity index is 1.38. The number of carbonyl (C=O) groups is 1. The quantitative estimate of drug-likeness (QED) is 0.881. The smallest absolute Gasteiger partial charge is 0.231 e. The molecule has 3 heterocycles. The Hall–Kier alpha value is -1.82. The monoisotopic (exact) mass is 358 g/mol. The van der Waals surface area contributed by atoms with Gasteiger partial charge in [-0.3, -0.25) is 9.89 Å². The van der Waals surface area contributed by atoms with Crippen molar-refractivity contribution in [2.45, 2.75) is 56.9 Å². The highest BCUT2D eigenvalue weighted by Crippen LogP contribution is 2.43. The van der Waals surface area contributed by atoms with Gasteiger partial charge >= 0.3 is 0 Å². The van der Waals surface area contributed by atoms with Crippen molar-refractivity contribution in [1.82, 2.24) is 15.5 Å². The third-order valence-corrected chi connectivity index (χ3v) is 6.81. The van der Waals surface area contributed by atoms with Crippen LogP contribution >= 0.6 is 11.3 Å². The fraction of sp³-hybridized carbons (Fsp3) is 0.579. The number of nitrogens with zero attached hydrogens (tertiary/aromatic N) is 2. The van der Waals surface area contributed by atoms with Gasteiger partial charge in [-0.05, 0) is 44.1 Å². The number of nitrogens with one attached hydrogen (secondary N) is 2. The molecule has 0 atom stereocenters. The number of aromatic amines is 1. The van der Waals surface area contributed by atoms with Crippen LogP contribution in [0.2, 0.25) is 0 Å². The molecule has 0 unspecified atom stereocenters. The summed E-state index contributed by atoms with van der Waals surface area (Å²) in [6.07, 6.45) is 6.26. The second-order valence-electron chi connectivity index (χ2n) is 7.41. The van der Waals surface area contributed by atoms with Gasteiger partial charge in [0.25, 0.3) is 0 Å². The van der Waals surface area contributed by atoms with E-state index in [1.165, 1.54) is 4.88 Å². The summed E-state index contributed by atoms with van der Waals surface area (Å²) >= 11 is 1.73. The van der Waals surface area contributed by atoms with Crippen LogP contribution in [0.4, 0.5) is 5.82 Å². The molecule has 6 heteroatoms. The lowest BCUT2D eigenvalue weighted by molar-refractivity contribution is -0.127. The third-order valence-electron chi connectivity index (χ3n) is 5.73. The van der Waals surface area contributed by atoms with E-state index in [1.54, 1.807) is 11.3 Å². The number of anilines is 1. The summed E-state index contributed by atoms with van der Waals surface area (Å²) in [6, 6.07) is 6.57. The van der Waals surface area contributed by atoms with Crippen molar-refractivity contribution in [3.63, 3.8) is 0 Å². The Morgan fingerprint density at radius 2 is 2.12 bits per heavy atom. The highest BCUT2D eigenvalue weighted by Gasteiger charge is 2.44. The number of carbonyl (C=O) groups excluding carboxylic acids is 1. The largest absolute Gasteiger partial charge is 0.355 e. The molecule has 134 valence electrons. The number of hydrogen-bond donors (Lipinski definition) is 2. The second kappa shape index (κ2) is 6.83. The zero-order valence-electron chi connectivity index (χ0n) is 14.8. The van der Waals surface area contributed by atoms with Crippen molar-refractivity contribution in [2.24, 2.45) is 0 Å². The number of aryl methyl sites for hydroxylation is 1. The van der Waals surface area contributed by atoms with Crippen LogP contribution in [-0.4, -0.2) is 35.2 Å². The summed E-state index contributed by atoms with van der Waals surface area (Å²) in [4.78, 5) is 16.7. The molecule has 1 amide bonds. The molecule has 2 aromatic heterocycles. The van der Waals surface area contributed by atoms with Crippen molar-refractivity contribution in [2.75, 3.05) is 18.0 Å². The Morgan fingerprint density at radius 3 is 2.72 bits per heavy atom. The summed E-state index contributed by atoms with van der Waals surface area (Å²) in [5.41, 5.74) is 0.814. The lowest BCUT2D eigenvalue weighted by Gasteiger charge is -2.35. The second-order valence-corrected chi connectivity index (χ2v) is 8.36. The van der Waals surface area contributed by atoms with E-state index < -0.39 is 0 Å². The van der Waals surface area contributed by atoms with Crippen LogP contribution in [0.25, 0.3) is 0 Å². The van der Waals surface area contributed by atoms with Crippen molar-refractivity contribution in [3.05, 3.63) is 34.2 Å². The van der Waals surface area contributed by atoms with E-state index in [0.29, 0.717) is 0 Å². The van der Waals surface area contributed by atoms with Gasteiger partial charge in [-0.15, -0.1) is 11.3 Å². The summed E-state index contributed by atoms with van der Waals surface area (Å²) in [7, 11) is 0. The molecule has 1 saturated carbocycles. The van der Waals surface area contributed by atoms with E-state index in [2.05, 4.69) is 44.0 Å². The molecule has 0 spiro atoms. The minimum Gasteiger partial charge on any atom is -0.355 e. The maximum atomic E-state index is 13.2. The van der Waals surface area contributed by atoms with Crippen LogP contribution in [0.5, 0.6) is 0 Å². The third kappa shape index (κ3) is 3.19. The maximum absolute atomic E-state index is 13.2. The fourth-order valence-electron chi connectivity index (χ4n) is 4.26. The van der Waals surface area contributed by atoms with Crippen molar-refractivity contribution >= 4 is 23.1 Å². The molecule has 0 bridgehead atoms. The van der Waals surface area contributed by atoms with Crippen LogP contribution in [0.1, 0.15) is 49.1 Å². The first-order valence-electron chi connectivity index (χ1n) is 9.29. The van der Waals surface area contributed by atoms with E-state index in [-0.39, 0.29) is 17.4 Å². The number of thiophene rings is 1. The summed E-state index contributed by atoms with van der Waals surface area (Å²) < 4.78 is 0. The Bertz CT molecular complexity index is 710. The Labute approximate surface area is 152 Å². The van der Waals surface area contributed by atoms with E-state index in [9.17, 15) is 4.79 Å². The standard InChI is InChI=1S/C19H26N4OS/c1-14-13-17(22-21-14)23-10-6-15(7-11-23)20-18(24)19(8-2-3-9-19)16-5-4-12-25-16/h4-5,12-13,15H,2-3,6-11H2,1H3,(H,20,24)(H,21,22). The van der Waals surface area contributed by atoms with Crippen LogP contribution in [0, 0.1) is 6.92 Å². The average molecular weight is 359 g/mol. The lowest BCUT2D eigenvalue weighted by Crippen LogP contribution is -2.50. The predicted molar refractivity (Wildman–Crippen MR) is 101 cm³/mol. The highest BCUT2D eigenvalue weighted by atomic mass is 32.1. The average Bonchev–Trinajstić information content (AvgIpc) is 3.37. The number of rotatable bonds is 4. The minimum absolute atomic E-state index is 0.251. The number of aromatic nitrogens is 2. The molecule has 4 rings (SSSR count). The molecule has 2 fully saturated rings. The van der Waals surface area contributed by atoms with Gasteiger partial charge in [0.05, 0.1) is 5.41 Å². The van der Waals surface area contributed by atoms with Gasteiger partial charge in [-0.1, -0.05) is 18.9 Å². The van der Waals surface area contributed by atoms with E-state index in [0.717, 1.165) is 63.1 Å². The van der Waals surface area contributed by atoms with E-state index in [1.807, 2.05) is 6.92 Å². The van der Waals surface area contributed by atoms with Crippen molar-refractivity contribution in [1.29, 1.82) is 0 Å². The van der Waals surface area contributed by atoms with Crippen LogP contribution in [-0.2, 0) is 10.2 Å². The van der Waals surface area contributed by atoms with Crippen LogP contribution in [0.15, 0.2) is 23.6 Å². The first kappa shape index (κ1) is 16.6. The molecule has 5 nitrogen and oxygen atoms in total. The molecule has 25 heavy (non-hydrogen) atoms. The number of amides is 1. The molecule has 0 aromatic carbocycles. The maximum Gasteiger partial charge on any atom is 0.231 e. The zero-order valence-corrected chi connectivity index (χ0v) is 15.6. The molecule has 1 aliphatic carbocycles. The van der Waals surface area contributed by atoms with Gasteiger partial charge in [-0.25, -0.2) is 0 Å². The van der Waals surface area contributed by atoms with Gasteiger partial charge in [0.15, 0.2) is 5.82 Å². The summed E-state index contributed by atoms with van der Waals surface area (Å²) in [5.74, 6) is 1.27. The molecule has 0 radical (unpaired) electrons. The van der Waals surface area contributed by atoms with Crippen molar-refractivity contribution in [3.8, 4) is 0 Å². The molecule has 2 aromatic rings. The van der Waals surface area contributed by atoms with E-state index in [4.69, 9.17) is 0 Å². The number of piperidine rings is 1. The SMILES string of the molecule is Cc1cc(N2CCC(NC(=O)C3(c4cccs4)CCCC3)CC2)n[nH]1. The molecule has 1 saturated heterocycles. The van der Waals surface area contributed by atoms with Crippen LogP contribution < -0.4 is 10.2 Å². The summed E-state index contributed by atoms with van der Waals surface area (Å²) in [5, 5.41) is 12.8. The minimum atomic E-state index is -0.273. The number of hydrogen-bond acceptors (Lipinski definition) is 4. The zero-order chi connectivity index (χ0) is 17.3.